The standard InChI is InChI=1S/C18H15NO/c1-2-7-15-10-6-11-16-12-17(13-19(20)18(15)16)14-8-4-3-5-9-14/h2-6,8-13H,1,7H2. The second-order valence-corrected chi connectivity index (χ2v) is 4.77. The fourth-order valence-corrected chi connectivity index (χ4v) is 2.50. The summed E-state index contributed by atoms with van der Waals surface area (Å²) in [4.78, 5) is 0. The van der Waals surface area contributed by atoms with Gasteiger partial charge < -0.3 is 5.21 Å². The van der Waals surface area contributed by atoms with Crippen LogP contribution in [0.2, 0.25) is 0 Å². The molecule has 1 heterocycles. The first-order chi connectivity index (χ1) is 9.79. The summed E-state index contributed by atoms with van der Waals surface area (Å²) in [6, 6.07) is 17.9. The average molecular weight is 261 g/mol. The van der Waals surface area contributed by atoms with Gasteiger partial charge in [0.2, 0.25) is 5.52 Å². The van der Waals surface area contributed by atoms with Crippen LogP contribution in [0.3, 0.4) is 0 Å². The van der Waals surface area contributed by atoms with Crippen molar-refractivity contribution in [3.63, 3.8) is 0 Å². The fraction of sp³-hybridized carbons (Fsp3) is 0.0556. The Morgan fingerprint density at radius 3 is 2.55 bits per heavy atom. The van der Waals surface area contributed by atoms with Gasteiger partial charge in [0.25, 0.3) is 0 Å². The maximum Gasteiger partial charge on any atom is 0.227 e. The van der Waals surface area contributed by atoms with Crippen LogP contribution in [0.4, 0.5) is 0 Å². The molecule has 98 valence electrons. The Bertz CT molecular complexity index is 763. The first-order valence-electron chi connectivity index (χ1n) is 6.61. The molecule has 3 rings (SSSR count). The van der Waals surface area contributed by atoms with Crippen LogP contribution in [0.15, 0.2) is 73.4 Å². The first-order valence-corrected chi connectivity index (χ1v) is 6.61. The zero-order valence-electron chi connectivity index (χ0n) is 11.1. The average Bonchev–Trinajstić information content (AvgIpc) is 2.48. The third-order valence-electron chi connectivity index (χ3n) is 3.41. The number of fused-ring (bicyclic) bond motifs is 1. The van der Waals surface area contributed by atoms with Crippen molar-refractivity contribution in [3.05, 3.63) is 84.2 Å². The van der Waals surface area contributed by atoms with Crippen molar-refractivity contribution < 1.29 is 4.73 Å². The maximum atomic E-state index is 12.4. The summed E-state index contributed by atoms with van der Waals surface area (Å²) in [5, 5.41) is 13.3. The van der Waals surface area contributed by atoms with E-state index in [0.717, 1.165) is 32.3 Å². The predicted molar refractivity (Wildman–Crippen MR) is 82.2 cm³/mol. The van der Waals surface area contributed by atoms with Gasteiger partial charge in [0.1, 0.15) is 0 Å². The molecule has 20 heavy (non-hydrogen) atoms. The Hall–Kier alpha value is -2.61. The van der Waals surface area contributed by atoms with Gasteiger partial charge >= 0.3 is 0 Å². The van der Waals surface area contributed by atoms with E-state index in [1.54, 1.807) is 6.20 Å². The van der Waals surface area contributed by atoms with Crippen LogP contribution in [0.5, 0.6) is 0 Å². The molecular formula is C18H15NO. The highest BCUT2D eigenvalue weighted by Crippen LogP contribution is 2.23. The largest absolute Gasteiger partial charge is 0.618 e. The Labute approximate surface area is 118 Å². The van der Waals surface area contributed by atoms with Gasteiger partial charge in [-0.05, 0) is 24.1 Å². The highest BCUT2D eigenvalue weighted by Gasteiger charge is 2.12. The van der Waals surface area contributed by atoms with E-state index < -0.39 is 0 Å². The smallest absolute Gasteiger partial charge is 0.227 e. The van der Waals surface area contributed by atoms with E-state index in [4.69, 9.17) is 0 Å². The van der Waals surface area contributed by atoms with E-state index in [9.17, 15) is 5.21 Å². The molecule has 0 aliphatic carbocycles. The van der Waals surface area contributed by atoms with Crippen LogP contribution >= 0.6 is 0 Å². The summed E-state index contributed by atoms with van der Waals surface area (Å²) < 4.78 is 0.969. The summed E-state index contributed by atoms with van der Waals surface area (Å²) in [7, 11) is 0. The lowest BCUT2D eigenvalue weighted by atomic mass is 10.0. The summed E-state index contributed by atoms with van der Waals surface area (Å²) in [6.45, 7) is 3.75. The van der Waals surface area contributed by atoms with Crippen LogP contribution in [-0.4, -0.2) is 0 Å². The van der Waals surface area contributed by atoms with Gasteiger partial charge in [0, 0.05) is 16.5 Å². The molecule has 1 aromatic heterocycles. The van der Waals surface area contributed by atoms with Gasteiger partial charge in [-0.1, -0.05) is 48.5 Å². The van der Waals surface area contributed by atoms with E-state index in [1.165, 1.54) is 0 Å². The van der Waals surface area contributed by atoms with Crippen molar-refractivity contribution >= 4 is 10.9 Å². The summed E-state index contributed by atoms with van der Waals surface area (Å²) in [5.74, 6) is 0. The van der Waals surface area contributed by atoms with Crippen molar-refractivity contribution in [2.75, 3.05) is 0 Å². The van der Waals surface area contributed by atoms with E-state index in [1.807, 2.05) is 54.6 Å². The minimum absolute atomic E-state index is 0.699. The van der Waals surface area contributed by atoms with Crippen LogP contribution in [0, 0.1) is 5.21 Å². The summed E-state index contributed by atoms with van der Waals surface area (Å²) in [6.07, 6.45) is 4.16. The number of benzene rings is 2. The van der Waals surface area contributed by atoms with Crippen molar-refractivity contribution in [3.8, 4) is 11.1 Å². The van der Waals surface area contributed by atoms with E-state index in [-0.39, 0.29) is 0 Å². The molecule has 0 aliphatic rings. The molecule has 0 aliphatic heterocycles. The van der Waals surface area contributed by atoms with Crippen LogP contribution in [0.1, 0.15) is 5.56 Å². The van der Waals surface area contributed by atoms with Crippen molar-refractivity contribution in [1.82, 2.24) is 0 Å². The quantitative estimate of drug-likeness (QED) is 0.399. The van der Waals surface area contributed by atoms with Gasteiger partial charge in [0.05, 0.1) is 0 Å². The maximum absolute atomic E-state index is 12.4. The molecule has 0 unspecified atom stereocenters. The zero-order chi connectivity index (χ0) is 13.9. The molecule has 0 radical (unpaired) electrons. The third kappa shape index (κ3) is 2.16. The molecule has 0 spiro atoms. The molecule has 2 nitrogen and oxygen atoms in total. The highest BCUT2D eigenvalue weighted by molar-refractivity contribution is 5.83. The Morgan fingerprint density at radius 1 is 1.00 bits per heavy atom. The molecule has 3 aromatic rings. The molecule has 0 bridgehead atoms. The monoisotopic (exact) mass is 261 g/mol. The van der Waals surface area contributed by atoms with Crippen LogP contribution in [-0.2, 0) is 6.42 Å². The molecule has 0 saturated carbocycles. The van der Waals surface area contributed by atoms with Crippen LogP contribution < -0.4 is 4.73 Å². The van der Waals surface area contributed by atoms with Gasteiger partial charge in [-0.25, -0.2) is 0 Å². The van der Waals surface area contributed by atoms with Gasteiger partial charge in [0.15, 0.2) is 6.20 Å². The lowest BCUT2D eigenvalue weighted by Gasteiger charge is -2.08. The number of hydrogen-bond acceptors (Lipinski definition) is 1. The third-order valence-corrected chi connectivity index (χ3v) is 3.41. The molecule has 0 amide bonds. The highest BCUT2D eigenvalue weighted by atomic mass is 16.5. The van der Waals surface area contributed by atoms with E-state index >= 15 is 0 Å². The minimum Gasteiger partial charge on any atom is -0.618 e. The second-order valence-electron chi connectivity index (χ2n) is 4.77. The number of para-hydroxylation sites is 1. The summed E-state index contributed by atoms with van der Waals surface area (Å²) >= 11 is 0. The minimum atomic E-state index is 0.699. The number of pyridine rings is 1. The van der Waals surface area contributed by atoms with Crippen molar-refractivity contribution in [1.29, 1.82) is 0 Å². The molecule has 0 fully saturated rings. The Kier molecular flexibility index (Phi) is 3.21. The number of hydrogen-bond donors (Lipinski definition) is 0. The topological polar surface area (TPSA) is 26.9 Å². The van der Waals surface area contributed by atoms with Crippen molar-refractivity contribution in [2.24, 2.45) is 0 Å². The first kappa shape index (κ1) is 12.4. The molecule has 0 atom stereocenters. The number of nitrogens with zero attached hydrogens (tertiary/aromatic N) is 1. The fourth-order valence-electron chi connectivity index (χ4n) is 2.50. The zero-order valence-corrected chi connectivity index (χ0v) is 11.1. The van der Waals surface area contributed by atoms with Crippen molar-refractivity contribution in [2.45, 2.75) is 6.42 Å². The number of rotatable bonds is 3. The lowest BCUT2D eigenvalue weighted by molar-refractivity contribution is -0.576. The Balaban J connectivity index is 2.23. The number of aromatic nitrogens is 1. The normalized spacial score (nSPS) is 10.6. The molecule has 2 aromatic carbocycles. The van der Waals surface area contributed by atoms with E-state index in [2.05, 4.69) is 12.6 Å². The second kappa shape index (κ2) is 5.17. The number of allylic oxidation sites excluding steroid dienone is 1. The van der Waals surface area contributed by atoms with Gasteiger partial charge in [-0.15, -0.1) is 6.58 Å². The Morgan fingerprint density at radius 2 is 1.80 bits per heavy atom. The van der Waals surface area contributed by atoms with Crippen LogP contribution in [0.25, 0.3) is 22.0 Å². The predicted octanol–water partition coefficient (Wildman–Crippen LogP) is 3.87. The van der Waals surface area contributed by atoms with Gasteiger partial charge in [-0.3, -0.25) is 0 Å². The molecular weight excluding hydrogens is 246 g/mol. The lowest BCUT2D eigenvalue weighted by Crippen LogP contribution is -2.27. The SMILES string of the molecule is C=CCc1cccc2cc(-c3ccccc3)c[n+]([O-])c12. The molecule has 0 saturated heterocycles. The van der Waals surface area contributed by atoms with Gasteiger partial charge in [-0.2, -0.15) is 4.73 Å². The summed E-state index contributed by atoms with van der Waals surface area (Å²) in [5.41, 5.74) is 3.72. The molecule has 2 heteroatoms. The molecule has 0 N–H and O–H groups in total. The van der Waals surface area contributed by atoms with E-state index in [0.29, 0.717) is 6.42 Å².